The molecule has 0 fully saturated rings. The van der Waals surface area contributed by atoms with Gasteiger partial charge in [-0.2, -0.15) is 4.98 Å². The van der Waals surface area contributed by atoms with Crippen LogP contribution in [0.5, 0.6) is 0 Å². The monoisotopic (exact) mass is 222 g/mol. The van der Waals surface area contributed by atoms with E-state index in [0.717, 1.165) is 22.0 Å². The number of nitrogens with two attached hydrogens (primary N) is 1. The maximum Gasteiger partial charge on any atom is 0.292 e. The molecule has 4 heteroatoms. The van der Waals surface area contributed by atoms with Gasteiger partial charge in [-0.1, -0.05) is 23.7 Å². The molecule has 0 saturated carbocycles. The second-order valence-electron chi connectivity index (χ2n) is 3.36. The van der Waals surface area contributed by atoms with Crippen molar-refractivity contribution in [2.45, 2.75) is 13.3 Å². The van der Waals surface area contributed by atoms with Gasteiger partial charge in [0.15, 0.2) is 0 Å². The number of nitrogen functional groups attached to an aromatic ring is 1. The molecule has 2 aromatic rings. The van der Waals surface area contributed by atoms with Crippen LogP contribution in [0.4, 0.5) is 6.01 Å². The summed E-state index contributed by atoms with van der Waals surface area (Å²) in [6.45, 7) is 1.85. The van der Waals surface area contributed by atoms with Gasteiger partial charge in [0.05, 0.1) is 5.69 Å². The minimum Gasteiger partial charge on any atom is -0.429 e. The second kappa shape index (κ2) is 3.95. The first kappa shape index (κ1) is 10.1. The summed E-state index contributed by atoms with van der Waals surface area (Å²) in [5.74, 6) is 0.757. The summed E-state index contributed by atoms with van der Waals surface area (Å²) in [7, 11) is 0. The predicted molar refractivity (Wildman–Crippen MR) is 59.9 cm³/mol. The van der Waals surface area contributed by atoms with Gasteiger partial charge in [0.1, 0.15) is 5.76 Å². The van der Waals surface area contributed by atoms with E-state index in [1.807, 2.05) is 31.2 Å². The van der Waals surface area contributed by atoms with E-state index >= 15 is 0 Å². The summed E-state index contributed by atoms with van der Waals surface area (Å²) in [5.41, 5.74) is 7.41. The lowest BCUT2D eigenvalue weighted by atomic mass is 10.1. The van der Waals surface area contributed by atoms with E-state index in [1.165, 1.54) is 0 Å². The Morgan fingerprint density at radius 2 is 2.27 bits per heavy atom. The van der Waals surface area contributed by atoms with Crippen LogP contribution in [0.1, 0.15) is 17.0 Å². The molecule has 0 bridgehead atoms. The summed E-state index contributed by atoms with van der Waals surface area (Å²) in [4.78, 5) is 4.10. The fourth-order valence-electron chi connectivity index (χ4n) is 1.45. The zero-order chi connectivity index (χ0) is 10.8. The molecule has 0 saturated heterocycles. The number of hydrogen-bond acceptors (Lipinski definition) is 3. The molecule has 0 radical (unpaired) electrons. The summed E-state index contributed by atoms with van der Waals surface area (Å²) in [6, 6.07) is 7.87. The molecule has 0 aliphatic heterocycles. The number of hydrogen-bond donors (Lipinski definition) is 1. The summed E-state index contributed by atoms with van der Waals surface area (Å²) in [6.07, 6.45) is 0.688. The van der Waals surface area contributed by atoms with Gasteiger partial charge in [0.25, 0.3) is 6.01 Å². The topological polar surface area (TPSA) is 52.0 Å². The second-order valence-corrected chi connectivity index (χ2v) is 3.80. The Morgan fingerprint density at radius 3 is 2.87 bits per heavy atom. The predicted octanol–water partition coefficient (Wildman–Crippen LogP) is 2.81. The van der Waals surface area contributed by atoms with Crippen molar-refractivity contribution in [3.63, 3.8) is 0 Å². The minimum atomic E-state index is 0.213. The summed E-state index contributed by atoms with van der Waals surface area (Å²) < 4.78 is 5.15. The lowest BCUT2D eigenvalue weighted by Gasteiger charge is -1.98. The van der Waals surface area contributed by atoms with Gasteiger partial charge in [-0.25, -0.2) is 0 Å². The highest BCUT2D eigenvalue weighted by molar-refractivity contribution is 6.30. The first-order valence-electron chi connectivity index (χ1n) is 4.61. The third-order valence-electron chi connectivity index (χ3n) is 2.17. The van der Waals surface area contributed by atoms with Crippen LogP contribution in [-0.2, 0) is 6.42 Å². The fraction of sp³-hybridized carbons (Fsp3) is 0.182. The molecule has 0 unspecified atom stereocenters. The van der Waals surface area contributed by atoms with Crippen LogP contribution in [0, 0.1) is 6.92 Å². The zero-order valence-corrected chi connectivity index (χ0v) is 9.08. The molecule has 1 aromatic carbocycles. The van der Waals surface area contributed by atoms with Crippen LogP contribution in [0.15, 0.2) is 28.7 Å². The number of aromatic nitrogens is 1. The fourth-order valence-corrected chi connectivity index (χ4v) is 1.67. The molecule has 0 aliphatic rings. The van der Waals surface area contributed by atoms with Crippen molar-refractivity contribution in [3.05, 3.63) is 46.3 Å². The number of nitrogens with zero attached hydrogens (tertiary/aromatic N) is 1. The third-order valence-corrected chi connectivity index (χ3v) is 2.40. The van der Waals surface area contributed by atoms with Crippen LogP contribution in [0.2, 0.25) is 5.02 Å². The highest BCUT2D eigenvalue weighted by Gasteiger charge is 2.07. The number of anilines is 1. The molecule has 0 aliphatic carbocycles. The average Bonchev–Trinajstić information content (AvgIpc) is 2.45. The average molecular weight is 223 g/mol. The van der Waals surface area contributed by atoms with E-state index in [1.54, 1.807) is 0 Å². The van der Waals surface area contributed by atoms with Crippen molar-refractivity contribution in [1.82, 2.24) is 4.98 Å². The molecular formula is C11H11ClN2O. The number of benzene rings is 1. The van der Waals surface area contributed by atoms with Gasteiger partial charge in [0, 0.05) is 11.4 Å². The van der Waals surface area contributed by atoms with Gasteiger partial charge < -0.3 is 10.2 Å². The maximum atomic E-state index is 5.89. The Labute approximate surface area is 92.9 Å². The number of oxazole rings is 1. The van der Waals surface area contributed by atoms with Gasteiger partial charge in [-0.3, -0.25) is 0 Å². The lowest BCUT2D eigenvalue weighted by Crippen LogP contribution is -1.91. The molecule has 2 N–H and O–H groups in total. The molecule has 1 heterocycles. The molecule has 78 valence electrons. The smallest absolute Gasteiger partial charge is 0.292 e. The quantitative estimate of drug-likeness (QED) is 0.850. The van der Waals surface area contributed by atoms with Crippen molar-refractivity contribution >= 4 is 17.6 Å². The first-order valence-corrected chi connectivity index (χ1v) is 4.99. The lowest BCUT2D eigenvalue weighted by molar-refractivity contribution is 0.545. The van der Waals surface area contributed by atoms with Gasteiger partial charge in [-0.05, 0) is 24.6 Å². The highest BCUT2D eigenvalue weighted by Crippen LogP contribution is 2.18. The van der Waals surface area contributed by atoms with Crippen molar-refractivity contribution < 1.29 is 4.42 Å². The van der Waals surface area contributed by atoms with E-state index < -0.39 is 0 Å². The van der Waals surface area contributed by atoms with Crippen molar-refractivity contribution in [1.29, 1.82) is 0 Å². The minimum absolute atomic E-state index is 0.213. The summed E-state index contributed by atoms with van der Waals surface area (Å²) in [5, 5.41) is 0.724. The number of halogens is 1. The van der Waals surface area contributed by atoms with Gasteiger partial charge in [-0.15, -0.1) is 0 Å². The molecule has 0 spiro atoms. The molecule has 1 aromatic heterocycles. The molecule has 2 rings (SSSR count). The van der Waals surface area contributed by atoms with Crippen molar-refractivity contribution in [3.8, 4) is 0 Å². The van der Waals surface area contributed by atoms with E-state index in [4.69, 9.17) is 21.8 Å². The standard InChI is InChI=1S/C11H11ClN2O/c1-7-10(14-11(13)15-7)6-8-3-2-4-9(12)5-8/h2-5H,6H2,1H3,(H2,13,14). The van der Waals surface area contributed by atoms with Crippen molar-refractivity contribution in [2.24, 2.45) is 0 Å². The Morgan fingerprint density at radius 1 is 1.47 bits per heavy atom. The van der Waals surface area contributed by atoms with E-state index in [2.05, 4.69) is 4.98 Å². The Kier molecular flexibility index (Phi) is 2.64. The van der Waals surface area contributed by atoms with E-state index in [-0.39, 0.29) is 6.01 Å². The molecule has 0 amide bonds. The molecular weight excluding hydrogens is 212 g/mol. The Hall–Kier alpha value is -1.48. The van der Waals surface area contributed by atoms with Crippen LogP contribution in [-0.4, -0.2) is 4.98 Å². The highest BCUT2D eigenvalue weighted by atomic mass is 35.5. The Bertz CT molecular complexity index is 479. The molecule has 0 atom stereocenters. The SMILES string of the molecule is Cc1oc(N)nc1Cc1cccc(Cl)c1. The number of aryl methyl sites for hydroxylation is 1. The van der Waals surface area contributed by atoms with Crippen LogP contribution >= 0.6 is 11.6 Å². The van der Waals surface area contributed by atoms with Gasteiger partial charge >= 0.3 is 0 Å². The van der Waals surface area contributed by atoms with Crippen LogP contribution in [0.25, 0.3) is 0 Å². The summed E-state index contributed by atoms with van der Waals surface area (Å²) >= 11 is 5.89. The normalized spacial score (nSPS) is 10.5. The third kappa shape index (κ3) is 2.30. The molecule has 3 nitrogen and oxygen atoms in total. The maximum absolute atomic E-state index is 5.89. The Balaban J connectivity index is 2.25. The largest absolute Gasteiger partial charge is 0.429 e. The van der Waals surface area contributed by atoms with Crippen LogP contribution < -0.4 is 5.73 Å². The van der Waals surface area contributed by atoms with E-state index in [9.17, 15) is 0 Å². The zero-order valence-electron chi connectivity index (χ0n) is 8.33. The van der Waals surface area contributed by atoms with Crippen molar-refractivity contribution in [2.75, 3.05) is 5.73 Å². The molecule has 15 heavy (non-hydrogen) atoms. The first-order chi connectivity index (χ1) is 7.15. The van der Waals surface area contributed by atoms with Gasteiger partial charge in [0.2, 0.25) is 0 Å². The van der Waals surface area contributed by atoms with Crippen LogP contribution in [0.3, 0.4) is 0 Å². The number of rotatable bonds is 2. The van der Waals surface area contributed by atoms with E-state index in [0.29, 0.717) is 6.42 Å².